The fourth-order valence-electron chi connectivity index (χ4n) is 2.60. The van der Waals surface area contributed by atoms with Crippen LogP contribution < -0.4 is 5.73 Å². The lowest BCUT2D eigenvalue weighted by Crippen LogP contribution is -2.28. The van der Waals surface area contributed by atoms with Crippen LogP contribution in [0, 0.1) is 0 Å². The van der Waals surface area contributed by atoms with E-state index in [2.05, 4.69) is 10.2 Å². The maximum absolute atomic E-state index is 5.86. The van der Waals surface area contributed by atoms with Gasteiger partial charge >= 0.3 is 0 Å². The zero-order valence-corrected chi connectivity index (χ0v) is 9.57. The van der Waals surface area contributed by atoms with Crippen molar-refractivity contribution in [2.45, 2.75) is 75.9 Å². The first-order valence-electron chi connectivity index (χ1n) is 6.50. The molecule has 0 bridgehead atoms. The smallest absolute Gasteiger partial charge is 0.0709 e. The van der Waals surface area contributed by atoms with E-state index >= 15 is 0 Å². The fraction of sp³-hybridized carbons (Fsp3) is 1.00. The number of azo groups is 1. The van der Waals surface area contributed by atoms with Crippen molar-refractivity contribution >= 4 is 0 Å². The molecule has 0 aromatic rings. The van der Waals surface area contributed by atoms with Gasteiger partial charge in [-0.15, -0.1) is 0 Å². The second-order valence-corrected chi connectivity index (χ2v) is 5.09. The van der Waals surface area contributed by atoms with Gasteiger partial charge in [0.2, 0.25) is 0 Å². The van der Waals surface area contributed by atoms with Crippen LogP contribution in [0.5, 0.6) is 0 Å². The normalized spacial score (nSPS) is 34.7. The van der Waals surface area contributed by atoms with Crippen molar-refractivity contribution < 1.29 is 0 Å². The largest absolute Gasteiger partial charge is 0.328 e. The lowest BCUT2D eigenvalue weighted by atomic mass is 9.92. The summed E-state index contributed by atoms with van der Waals surface area (Å²) in [6, 6.07) is 1.44. The highest BCUT2D eigenvalue weighted by molar-refractivity contribution is 4.78. The summed E-state index contributed by atoms with van der Waals surface area (Å²) in [7, 11) is 0. The average molecular weight is 209 g/mol. The van der Waals surface area contributed by atoms with Crippen LogP contribution in [0.2, 0.25) is 0 Å². The van der Waals surface area contributed by atoms with Gasteiger partial charge in [-0.1, -0.05) is 19.3 Å². The molecule has 86 valence electrons. The third-order valence-electron chi connectivity index (χ3n) is 3.71. The van der Waals surface area contributed by atoms with E-state index in [-0.39, 0.29) is 0 Å². The van der Waals surface area contributed by atoms with Gasteiger partial charge in [0.1, 0.15) is 0 Å². The molecule has 0 aromatic carbocycles. The highest BCUT2D eigenvalue weighted by Gasteiger charge is 2.18. The molecule has 3 heteroatoms. The maximum Gasteiger partial charge on any atom is 0.0709 e. The molecule has 2 N–H and O–H groups in total. The lowest BCUT2D eigenvalue weighted by Gasteiger charge is -2.23. The molecule has 2 saturated carbocycles. The molecular weight excluding hydrogens is 186 g/mol. The van der Waals surface area contributed by atoms with E-state index in [9.17, 15) is 0 Å². The van der Waals surface area contributed by atoms with E-state index in [0.717, 1.165) is 25.7 Å². The SMILES string of the molecule is NC1CCC(N=NC2CCCCC2)CC1. The van der Waals surface area contributed by atoms with Crippen molar-refractivity contribution in [2.24, 2.45) is 16.0 Å². The fourth-order valence-corrected chi connectivity index (χ4v) is 2.60. The highest BCUT2D eigenvalue weighted by Crippen LogP contribution is 2.23. The van der Waals surface area contributed by atoms with Crippen LogP contribution in [0.1, 0.15) is 57.8 Å². The molecule has 3 nitrogen and oxygen atoms in total. The molecule has 0 aliphatic heterocycles. The van der Waals surface area contributed by atoms with Gasteiger partial charge in [-0.05, 0) is 38.5 Å². The Labute approximate surface area is 92.5 Å². The second-order valence-electron chi connectivity index (χ2n) is 5.09. The molecular formula is C12H23N3. The highest BCUT2D eigenvalue weighted by atomic mass is 15.1. The molecule has 0 unspecified atom stereocenters. The molecule has 2 aliphatic rings. The van der Waals surface area contributed by atoms with E-state index in [1.807, 2.05) is 0 Å². The number of nitrogens with two attached hydrogens (primary N) is 1. The van der Waals surface area contributed by atoms with Crippen molar-refractivity contribution in [3.63, 3.8) is 0 Å². The average Bonchev–Trinajstić information content (AvgIpc) is 2.30. The van der Waals surface area contributed by atoms with E-state index in [1.165, 1.54) is 32.1 Å². The number of hydrogen-bond acceptors (Lipinski definition) is 3. The topological polar surface area (TPSA) is 50.7 Å². The Kier molecular flexibility index (Phi) is 4.12. The summed E-state index contributed by atoms with van der Waals surface area (Å²) in [6.45, 7) is 0. The Hall–Kier alpha value is -0.440. The first kappa shape index (κ1) is 11.1. The zero-order valence-electron chi connectivity index (χ0n) is 9.57. The maximum atomic E-state index is 5.86. The van der Waals surface area contributed by atoms with Crippen LogP contribution in [0.25, 0.3) is 0 Å². The molecule has 0 heterocycles. The second kappa shape index (κ2) is 5.59. The Balaban J connectivity index is 1.73. The van der Waals surface area contributed by atoms with Crippen molar-refractivity contribution in [1.82, 2.24) is 0 Å². The van der Waals surface area contributed by atoms with Gasteiger partial charge in [-0.3, -0.25) is 0 Å². The molecule has 0 spiro atoms. The predicted octanol–water partition coefficient (Wildman–Crippen LogP) is 3.04. The molecule has 0 amide bonds. The van der Waals surface area contributed by atoms with E-state index in [4.69, 9.17) is 5.73 Å². The number of nitrogens with zero attached hydrogens (tertiary/aromatic N) is 2. The van der Waals surface area contributed by atoms with E-state index in [0.29, 0.717) is 18.1 Å². The molecule has 15 heavy (non-hydrogen) atoms. The summed E-state index contributed by atoms with van der Waals surface area (Å²) >= 11 is 0. The lowest BCUT2D eigenvalue weighted by molar-refractivity contribution is 0.367. The first-order valence-corrected chi connectivity index (χ1v) is 6.50. The third kappa shape index (κ3) is 3.56. The Morgan fingerprint density at radius 3 is 1.80 bits per heavy atom. The minimum Gasteiger partial charge on any atom is -0.328 e. The number of rotatable bonds is 2. The molecule has 0 radical (unpaired) electrons. The summed E-state index contributed by atoms with van der Waals surface area (Å²) in [4.78, 5) is 0. The van der Waals surface area contributed by atoms with Crippen molar-refractivity contribution in [3.05, 3.63) is 0 Å². The third-order valence-corrected chi connectivity index (χ3v) is 3.71. The molecule has 2 fully saturated rings. The summed E-state index contributed by atoms with van der Waals surface area (Å²) in [6.07, 6.45) is 11.2. The Morgan fingerprint density at radius 1 is 0.667 bits per heavy atom. The zero-order chi connectivity index (χ0) is 10.5. The molecule has 2 rings (SSSR count). The molecule has 0 atom stereocenters. The quantitative estimate of drug-likeness (QED) is 0.698. The minimum atomic E-state index is 0.422. The van der Waals surface area contributed by atoms with Crippen LogP contribution in [0.15, 0.2) is 10.2 Å². The van der Waals surface area contributed by atoms with Crippen LogP contribution >= 0.6 is 0 Å². The van der Waals surface area contributed by atoms with Crippen LogP contribution in [-0.4, -0.2) is 18.1 Å². The van der Waals surface area contributed by atoms with Gasteiger partial charge in [0.05, 0.1) is 12.1 Å². The van der Waals surface area contributed by atoms with Crippen LogP contribution in [-0.2, 0) is 0 Å². The summed E-state index contributed by atoms with van der Waals surface area (Å²) in [5, 5.41) is 9.03. The van der Waals surface area contributed by atoms with Crippen molar-refractivity contribution in [1.29, 1.82) is 0 Å². The predicted molar refractivity (Wildman–Crippen MR) is 62.0 cm³/mol. The monoisotopic (exact) mass is 209 g/mol. The van der Waals surface area contributed by atoms with Gasteiger partial charge in [0.25, 0.3) is 0 Å². The van der Waals surface area contributed by atoms with Crippen LogP contribution in [0.3, 0.4) is 0 Å². The molecule has 0 aromatic heterocycles. The first-order chi connectivity index (χ1) is 7.34. The van der Waals surface area contributed by atoms with Gasteiger partial charge in [0.15, 0.2) is 0 Å². The standard InChI is InChI=1S/C12H23N3/c13-10-6-8-12(9-7-10)15-14-11-4-2-1-3-5-11/h10-12H,1-9,13H2. The van der Waals surface area contributed by atoms with Gasteiger partial charge < -0.3 is 5.73 Å². The van der Waals surface area contributed by atoms with E-state index < -0.39 is 0 Å². The van der Waals surface area contributed by atoms with Gasteiger partial charge in [-0.2, -0.15) is 10.2 Å². The Bertz CT molecular complexity index is 201. The van der Waals surface area contributed by atoms with Gasteiger partial charge in [-0.25, -0.2) is 0 Å². The summed E-state index contributed by atoms with van der Waals surface area (Å²) < 4.78 is 0. The molecule has 2 aliphatic carbocycles. The van der Waals surface area contributed by atoms with Crippen molar-refractivity contribution in [3.8, 4) is 0 Å². The molecule has 0 saturated heterocycles. The van der Waals surface area contributed by atoms with E-state index in [1.54, 1.807) is 0 Å². The Morgan fingerprint density at radius 2 is 1.20 bits per heavy atom. The number of hydrogen-bond donors (Lipinski definition) is 1. The van der Waals surface area contributed by atoms with Crippen molar-refractivity contribution in [2.75, 3.05) is 0 Å². The summed E-state index contributed by atoms with van der Waals surface area (Å²) in [5.74, 6) is 0. The van der Waals surface area contributed by atoms with Gasteiger partial charge in [0, 0.05) is 6.04 Å². The summed E-state index contributed by atoms with van der Waals surface area (Å²) in [5.41, 5.74) is 5.86. The van der Waals surface area contributed by atoms with Crippen LogP contribution in [0.4, 0.5) is 0 Å². The minimum absolute atomic E-state index is 0.422.